The largest absolute Gasteiger partial charge is 0.472 e. The fourth-order valence-corrected chi connectivity index (χ4v) is 7.06. The standard InChI is InChI=1S/C48H89N2O6P/c1-6-8-10-12-14-16-18-20-22-24-25-26-28-30-32-34-36-38-40-42-48(52)49-46(45-56-57(53,54)55-44-43-50(3,4)5)47(51)41-39-37-35-33-31-29-27-23-21-19-17-15-13-11-9-7-2/h8,10,14,16,20,22,25-26,39,41,46-47,51H,6-7,9,11-13,15,17-19,21,23-24,27-38,40,42-45H2,1-5H3,(H-,49,52,53,54)/p+1/b10-8-,16-14-,22-20-,26-25-,41-39+. The van der Waals surface area contributed by atoms with Crippen LogP contribution in [0.15, 0.2) is 60.8 Å². The van der Waals surface area contributed by atoms with Gasteiger partial charge in [-0.2, -0.15) is 0 Å². The highest BCUT2D eigenvalue weighted by atomic mass is 31.2. The minimum absolute atomic E-state index is 0.0559. The lowest BCUT2D eigenvalue weighted by Crippen LogP contribution is -2.45. The summed E-state index contributed by atoms with van der Waals surface area (Å²) in [7, 11) is 1.55. The molecule has 3 unspecified atom stereocenters. The summed E-state index contributed by atoms with van der Waals surface area (Å²) in [5.41, 5.74) is 0. The third-order valence-corrected chi connectivity index (χ3v) is 11.0. The van der Waals surface area contributed by atoms with Crippen LogP contribution in [0.1, 0.15) is 187 Å². The van der Waals surface area contributed by atoms with Crippen molar-refractivity contribution >= 4 is 13.7 Å². The highest BCUT2D eigenvalue weighted by molar-refractivity contribution is 7.47. The molecule has 0 aromatic heterocycles. The molecule has 0 aromatic carbocycles. The van der Waals surface area contributed by atoms with E-state index in [-0.39, 0.29) is 19.1 Å². The molecule has 0 aliphatic rings. The Bertz CT molecular complexity index is 1110. The summed E-state index contributed by atoms with van der Waals surface area (Å²) in [6.07, 6.45) is 51.4. The van der Waals surface area contributed by atoms with E-state index in [4.69, 9.17) is 9.05 Å². The van der Waals surface area contributed by atoms with Crippen LogP contribution in [0.5, 0.6) is 0 Å². The van der Waals surface area contributed by atoms with Crippen LogP contribution in [-0.4, -0.2) is 73.4 Å². The third kappa shape index (κ3) is 42.1. The summed E-state index contributed by atoms with van der Waals surface area (Å²) in [5, 5.41) is 13.8. The molecule has 0 fully saturated rings. The number of likely N-dealkylation sites (N-methyl/N-ethyl adjacent to an activating group) is 1. The number of phosphoric acid groups is 1. The van der Waals surface area contributed by atoms with E-state index >= 15 is 0 Å². The van der Waals surface area contributed by atoms with E-state index in [0.29, 0.717) is 17.4 Å². The molecule has 3 atom stereocenters. The number of amides is 1. The number of phosphoric ester groups is 1. The van der Waals surface area contributed by atoms with Crippen molar-refractivity contribution in [1.29, 1.82) is 0 Å². The highest BCUT2D eigenvalue weighted by Crippen LogP contribution is 2.43. The van der Waals surface area contributed by atoms with Crippen LogP contribution in [-0.2, 0) is 18.4 Å². The van der Waals surface area contributed by atoms with Crippen molar-refractivity contribution in [2.24, 2.45) is 0 Å². The zero-order chi connectivity index (χ0) is 42.1. The number of aliphatic hydroxyl groups excluding tert-OH is 1. The predicted octanol–water partition coefficient (Wildman–Crippen LogP) is 13.0. The first kappa shape index (κ1) is 55.2. The maximum Gasteiger partial charge on any atom is 0.472 e. The van der Waals surface area contributed by atoms with Gasteiger partial charge in [0.05, 0.1) is 39.9 Å². The van der Waals surface area contributed by atoms with Crippen LogP contribution >= 0.6 is 7.82 Å². The second kappa shape index (κ2) is 39.6. The van der Waals surface area contributed by atoms with Crippen molar-refractivity contribution < 1.29 is 32.9 Å². The van der Waals surface area contributed by atoms with Crippen molar-refractivity contribution in [3.05, 3.63) is 60.8 Å². The number of quaternary nitrogens is 1. The van der Waals surface area contributed by atoms with Crippen molar-refractivity contribution in [3.63, 3.8) is 0 Å². The van der Waals surface area contributed by atoms with Gasteiger partial charge in [0, 0.05) is 6.42 Å². The van der Waals surface area contributed by atoms with Crippen molar-refractivity contribution in [2.45, 2.75) is 199 Å². The Labute approximate surface area is 351 Å². The molecule has 9 heteroatoms. The average molecular weight is 822 g/mol. The van der Waals surface area contributed by atoms with Gasteiger partial charge in [-0.25, -0.2) is 4.57 Å². The lowest BCUT2D eigenvalue weighted by atomic mass is 10.0. The molecule has 0 aliphatic carbocycles. The molecule has 0 aromatic rings. The first-order valence-corrected chi connectivity index (χ1v) is 24.7. The maximum absolute atomic E-state index is 12.9. The Balaban J connectivity index is 4.44. The topological polar surface area (TPSA) is 105 Å². The molecule has 1 amide bonds. The fourth-order valence-electron chi connectivity index (χ4n) is 6.33. The first-order chi connectivity index (χ1) is 27.5. The number of carbonyl (C=O) groups is 1. The zero-order valence-corrected chi connectivity index (χ0v) is 38.5. The van der Waals surface area contributed by atoms with Crippen molar-refractivity contribution in [2.75, 3.05) is 40.9 Å². The number of nitrogens with one attached hydrogen (secondary N) is 1. The van der Waals surface area contributed by atoms with Gasteiger partial charge in [0.2, 0.25) is 5.91 Å². The molecular weight excluding hydrogens is 732 g/mol. The second-order valence-electron chi connectivity index (χ2n) is 16.8. The van der Waals surface area contributed by atoms with Crippen LogP contribution in [0, 0.1) is 0 Å². The minimum atomic E-state index is -4.34. The van der Waals surface area contributed by atoms with Gasteiger partial charge >= 0.3 is 7.82 Å². The van der Waals surface area contributed by atoms with Gasteiger partial charge in [-0.15, -0.1) is 0 Å². The molecule has 0 aliphatic heterocycles. The van der Waals surface area contributed by atoms with Crippen molar-refractivity contribution in [3.8, 4) is 0 Å². The molecule has 0 radical (unpaired) electrons. The SMILES string of the molecule is CC/C=C\C/C=C\C/C=C\C/C=C\CCCCCCCCC(=O)NC(COP(=O)(O)OCC[N+](C)(C)C)C(O)/C=C/CCCCCCCCCCCCCCCC. The summed E-state index contributed by atoms with van der Waals surface area (Å²) in [6.45, 7) is 4.68. The smallest absolute Gasteiger partial charge is 0.387 e. The van der Waals surface area contributed by atoms with E-state index in [2.05, 4.69) is 67.8 Å². The Hall–Kier alpha value is -1.80. The Morgan fingerprint density at radius 3 is 1.54 bits per heavy atom. The summed E-state index contributed by atoms with van der Waals surface area (Å²) < 4.78 is 23.6. The van der Waals surface area contributed by atoms with Crippen LogP contribution in [0.3, 0.4) is 0 Å². The minimum Gasteiger partial charge on any atom is -0.387 e. The zero-order valence-electron chi connectivity index (χ0n) is 37.6. The number of hydrogen-bond donors (Lipinski definition) is 3. The van der Waals surface area contributed by atoms with Gasteiger partial charge < -0.3 is 19.8 Å². The number of nitrogens with zero attached hydrogens (tertiary/aromatic N) is 1. The first-order valence-electron chi connectivity index (χ1n) is 23.2. The third-order valence-electron chi connectivity index (χ3n) is 9.99. The molecule has 8 nitrogen and oxygen atoms in total. The Morgan fingerprint density at radius 1 is 0.614 bits per heavy atom. The quantitative estimate of drug-likeness (QED) is 0.0245. The predicted molar refractivity (Wildman–Crippen MR) is 244 cm³/mol. The van der Waals surface area contributed by atoms with Gasteiger partial charge in [0.25, 0.3) is 0 Å². The summed E-state index contributed by atoms with van der Waals surface area (Å²) >= 11 is 0. The molecule has 0 bridgehead atoms. The van der Waals surface area contributed by atoms with Gasteiger partial charge in [-0.05, 0) is 57.8 Å². The van der Waals surface area contributed by atoms with Gasteiger partial charge in [-0.1, -0.05) is 184 Å². The number of allylic oxidation sites excluding steroid dienone is 9. The average Bonchev–Trinajstić information content (AvgIpc) is 3.16. The van der Waals surface area contributed by atoms with Crippen LogP contribution in [0.25, 0.3) is 0 Å². The summed E-state index contributed by atoms with van der Waals surface area (Å²) in [4.78, 5) is 23.1. The molecule has 0 saturated carbocycles. The van der Waals surface area contributed by atoms with E-state index in [1.807, 2.05) is 27.2 Å². The van der Waals surface area contributed by atoms with Crippen LogP contribution in [0.2, 0.25) is 0 Å². The van der Waals surface area contributed by atoms with Crippen LogP contribution in [0.4, 0.5) is 0 Å². The molecule has 0 heterocycles. The van der Waals surface area contributed by atoms with Gasteiger partial charge in [0.1, 0.15) is 13.2 Å². The van der Waals surface area contributed by atoms with Gasteiger partial charge in [-0.3, -0.25) is 13.8 Å². The molecule has 0 saturated heterocycles. The molecule has 332 valence electrons. The maximum atomic E-state index is 12.9. The summed E-state index contributed by atoms with van der Waals surface area (Å²) in [5.74, 6) is -0.193. The molecular formula is C48H90N2O6P+. The number of rotatable bonds is 41. The van der Waals surface area contributed by atoms with Crippen molar-refractivity contribution in [1.82, 2.24) is 5.32 Å². The molecule has 0 spiro atoms. The second-order valence-corrected chi connectivity index (χ2v) is 18.2. The van der Waals surface area contributed by atoms with E-state index < -0.39 is 20.0 Å². The Kier molecular flexibility index (Phi) is 38.4. The lowest BCUT2D eigenvalue weighted by Gasteiger charge is -2.25. The molecule has 0 rings (SSSR count). The normalized spacial score (nSPS) is 14.9. The number of carbonyl (C=O) groups excluding carboxylic acids is 1. The van der Waals surface area contributed by atoms with E-state index in [1.54, 1.807) is 6.08 Å². The monoisotopic (exact) mass is 822 g/mol. The summed E-state index contributed by atoms with van der Waals surface area (Å²) in [6, 6.07) is -0.856. The van der Waals surface area contributed by atoms with E-state index in [0.717, 1.165) is 77.0 Å². The Morgan fingerprint density at radius 2 is 1.05 bits per heavy atom. The van der Waals surface area contributed by atoms with E-state index in [1.165, 1.54) is 89.9 Å². The number of unbranched alkanes of at least 4 members (excludes halogenated alkanes) is 20. The van der Waals surface area contributed by atoms with Crippen LogP contribution < -0.4 is 5.32 Å². The highest BCUT2D eigenvalue weighted by Gasteiger charge is 2.27. The number of hydrogen-bond acceptors (Lipinski definition) is 5. The molecule has 3 N–H and O–H groups in total. The lowest BCUT2D eigenvalue weighted by molar-refractivity contribution is -0.870. The van der Waals surface area contributed by atoms with E-state index in [9.17, 15) is 19.4 Å². The fraction of sp³-hybridized carbons (Fsp3) is 0.771. The number of aliphatic hydroxyl groups is 1. The van der Waals surface area contributed by atoms with Gasteiger partial charge in [0.15, 0.2) is 0 Å². The molecule has 57 heavy (non-hydrogen) atoms.